The van der Waals surface area contributed by atoms with Crippen molar-refractivity contribution >= 4 is 21.4 Å². The molecule has 32 heavy (non-hydrogen) atoms. The highest BCUT2D eigenvalue weighted by atomic mass is 32.2. The molecule has 0 fully saturated rings. The molecule has 2 aromatic rings. The van der Waals surface area contributed by atoms with E-state index >= 15 is 0 Å². The highest BCUT2D eigenvalue weighted by Gasteiger charge is 2.38. The van der Waals surface area contributed by atoms with Crippen molar-refractivity contribution in [2.45, 2.75) is 49.8 Å². The van der Waals surface area contributed by atoms with Crippen LogP contribution in [-0.4, -0.2) is 30.8 Å². The second kappa shape index (κ2) is 8.56. The number of halogens is 3. The molecule has 0 bridgehead atoms. The van der Waals surface area contributed by atoms with Gasteiger partial charge in [0.1, 0.15) is 0 Å². The van der Waals surface area contributed by atoms with Crippen LogP contribution in [-0.2, 0) is 26.2 Å². The largest absolute Gasteiger partial charge is 0.417 e. The Kier molecular flexibility index (Phi) is 6.78. The van der Waals surface area contributed by atoms with Crippen LogP contribution in [0.2, 0.25) is 0 Å². The number of rotatable bonds is 5. The number of hydrogen-bond acceptors (Lipinski definition) is 5. The van der Waals surface area contributed by atoms with Gasteiger partial charge < -0.3 is 10.4 Å². The van der Waals surface area contributed by atoms with Gasteiger partial charge in [-0.15, -0.1) is 0 Å². The average molecular weight is 468 g/mol. The van der Waals surface area contributed by atoms with Crippen LogP contribution in [0.3, 0.4) is 0 Å². The number of alkyl halides is 3. The zero-order valence-corrected chi connectivity index (χ0v) is 18.7. The minimum absolute atomic E-state index is 0.101. The molecule has 172 valence electrons. The van der Waals surface area contributed by atoms with Gasteiger partial charge in [-0.05, 0) is 48.2 Å². The number of hydrogen-bond donors (Lipinski definition) is 2. The maximum absolute atomic E-state index is 13.1. The Hall–Kier alpha value is -2.90. The van der Waals surface area contributed by atoms with Gasteiger partial charge in [-0.1, -0.05) is 32.9 Å². The maximum atomic E-state index is 13.1. The molecular formula is C22H23F3N2O4S. The number of aliphatic hydroxyl groups is 1. The third-order valence-electron chi connectivity index (χ3n) is 4.74. The molecule has 0 aromatic heterocycles. The first-order chi connectivity index (χ1) is 14.5. The molecule has 0 aliphatic rings. The van der Waals surface area contributed by atoms with Crippen molar-refractivity contribution in [2.24, 2.45) is 0 Å². The number of carbonyl (C=O) groups is 1. The normalized spacial score (nSPS) is 14.3. The van der Waals surface area contributed by atoms with Gasteiger partial charge in [0, 0.05) is 5.69 Å². The summed E-state index contributed by atoms with van der Waals surface area (Å²) >= 11 is 0. The molecule has 10 heteroatoms. The summed E-state index contributed by atoms with van der Waals surface area (Å²) in [4.78, 5) is 12.4. The lowest BCUT2D eigenvalue weighted by Crippen LogP contribution is -2.45. The Labute approximate surface area is 184 Å². The van der Waals surface area contributed by atoms with Crippen LogP contribution in [0.5, 0.6) is 0 Å². The summed E-state index contributed by atoms with van der Waals surface area (Å²) in [6, 6.07) is 9.92. The predicted molar refractivity (Wildman–Crippen MR) is 113 cm³/mol. The molecule has 2 N–H and O–H groups in total. The number of carbonyl (C=O) groups excluding carboxylic acids is 1. The van der Waals surface area contributed by atoms with Crippen molar-refractivity contribution in [3.63, 3.8) is 0 Å². The first-order valence-corrected chi connectivity index (χ1v) is 11.1. The lowest BCUT2D eigenvalue weighted by molar-refractivity contribution is -0.137. The smallest absolute Gasteiger partial charge is 0.379 e. The fraction of sp³-hybridized carbons (Fsp3) is 0.364. The first kappa shape index (κ1) is 25.4. The first-order valence-electron chi connectivity index (χ1n) is 9.46. The van der Waals surface area contributed by atoms with Gasteiger partial charge in [0.2, 0.25) is 0 Å². The fourth-order valence-corrected chi connectivity index (χ4v) is 4.49. The lowest BCUT2D eigenvalue weighted by Gasteiger charge is -2.23. The van der Waals surface area contributed by atoms with E-state index in [0.29, 0.717) is 6.07 Å². The average Bonchev–Trinajstić information content (AvgIpc) is 2.66. The molecule has 0 heterocycles. The SMILES string of the molecule is CC(O)(CS(=O)(=O)c1ccc(C(C)(C)C)cc1)C(=O)Nc1ccc(C#N)c(C(F)(F)F)c1. The molecule has 0 radical (unpaired) electrons. The fourth-order valence-electron chi connectivity index (χ4n) is 2.90. The molecule has 0 saturated carbocycles. The predicted octanol–water partition coefficient (Wildman–Crippen LogP) is 4.04. The summed E-state index contributed by atoms with van der Waals surface area (Å²) in [7, 11) is -4.09. The third-order valence-corrected chi connectivity index (χ3v) is 6.68. The summed E-state index contributed by atoms with van der Waals surface area (Å²) < 4.78 is 64.7. The molecule has 2 rings (SSSR count). The number of amides is 1. The van der Waals surface area contributed by atoms with E-state index in [4.69, 9.17) is 5.26 Å². The van der Waals surface area contributed by atoms with E-state index in [1.807, 2.05) is 20.8 Å². The number of nitrogens with one attached hydrogen (secondary N) is 1. The van der Waals surface area contributed by atoms with Crippen molar-refractivity contribution < 1.29 is 31.5 Å². The molecule has 1 atom stereocenters. The highest BCUT2D eigenvalue weighted by molar-refractivity contribution is 7.91. The van der Waals surface area contributed by atoms with Crippen molar-refractivity contribution in [1.29, 1.82) is 5.26 Å². The zero-order chi connectivity index (χ0) is 24.5. The number of nitriles is 1. The van der Waals surface area contributed by atoms with Crippen molar-refractivity contribution in [3.05, 3.63) is 59.2 Å². The second-order valence-electron chi connectivity index (χ2n) is 8.63. The van der Waals surface area contributed by atoms with Gasteiger partial charge in [0.15, 0.2) is 15.4 Å². The maximum Gasteiger partial charge on any atom is 0.417 e. The molecule has 6 nitrogen and oxygen atoms in total. The van der Waals surface area contributed by atoms with E-state index < -0.39 is 44.4 Å². The Morgan fingerprint density at radius 1 is 1.06 bits per heavy atom. The molecular weight excluding hydrogens is 445 g/mol. The van der Waals surface area contributed by atoms with Crippen LogP contribution in [0.15, 0.2) is 47.4 Å². The van der Waals surface area contributed by atoms with Gasteiger partial charge in [0.05, 0.1) is 27.8 Å². The standard InChI is InChI=1S/C22H23F3N2O4S/c1-20(2,3)15-6-9-17(10-7-15)32(30,31)13-21(4,29)19(28)27-16-8-5-14(12-26)18(11-16)22(23,24)25/h5-11,29H,13H2,1-4H3,(H,27,28). The molecule has 1 unspecified atom stereocenters. The Bertz CT molecular complexity index is 1160. The molecule has 0 aliphatic heterocycles. The number of anilines is 1. The number of nitrogens with zero attached hydrogens (tertiary/aromatic N) is 1. The molecule has 1 amide bonds. The van der Waals surface area contributed by atoms with E-state index in [2.05, 4.69) is 5.32 Å². The van der Waals surface area contributed by atoms with Crippen LogP contribution in [0.4, 0.5) is 18.9 Å². The van der Waals surface area contributed by atoms with Crippen LogP contribution in [0.25, 0.3) is 0 Å². The number of benzene rings is 2. The van der Waals surface area contributed by atoms with Crippen LogP contribution in [0, 0.1) is 11.3 Å². The van der Waals surface area contributed by atoms with E-state index in [-0.39, 0.29) is 16.0 Å². The van der Waals surface area contributed by atoms with Crippen LogP contribution >= 0.6 is 0 Å². The minimum Gasteiger partial charge on any atom is -0.379 e. The van der Waals surface area contributed by atoms with E-state index in [1.165, 1.54) is 18.2 Å². The van der Waals surface area contributed by atoms with E-state index in [9.17, 15) is 31.5 Å². The van der Waals surface area contributed by atoms with E-state index in [1.54, 1.807) is 12.1 Å². The summed E-state index contributed by atoms with van der Waals surface area (Å²) in [5.74, 6) is -2.19. The highest BCUT2D eigenvalue weighted by Crippen LogP contribution is 2.34. The molecule has 2 aromatic carbocycles. The third kappa shape index (κ3) is 5.87. The van der Waals surface area contributed by atoms with E-state index in [0.717, 1.165) is 24.6 Å². The lowest BCUT2D eigenvalue weighted by atomic mass is 9.87. The van der Waals surface area contributed by atoms with Gasteiger partial charge in [-0.3, -0.25) is 4.79 Å². The number of sulfone groups is 1. The topological polar surface area (TPSA) is 107 Å². The Balaban J connectivity index is 2.25. The summed E-state index contributed by atoms with van der Waals surface area (Å²) in [6.45, 7) is 6.83. The molecule has 0 aliphatic carbocycles. The quantitative estimate of drug-likeness (QED) is 0.689. The van der Waals surface area contributed by atoms with Gasteiger partial charge in [0.25, 0.3) is 5.91 Å². The zero-order valence-electron chi connectivity index (χ0n) is 17.9. The summed E-state index contributed by atoms with van der Waals surface area (Å²) in [5, 5.41) is 21.4. The van der Waals surface area contributed by atoms with Crippen LogP contribution in [0.1, 0.15) is 44.4 Å². The monoisotopic (exact) mass is 468 g/mol. The summed E-state index contributed by atoms with van der Waals surface area (Å²) in [6.07, 6.45) is -4.84. The molecule has 0 spiro atoms. The Morgan fingerprint density at radius 3 is 2.09 bits per heavy atom. The second-order valence-corrected chi connectivity index (χ2v) is 10.6. The van der Waals surface area contributed by atoms with Crippen molar-refractivity contribution in [2.75, 3.05) is 11.1 Å². The summed E-state index contributed by atoms with van der Waals surface area (Å²) in [5.41, 5.74) is -3.99. The van der Waals surface area contributed by atoms with Gasteiger partial charge >= 0.3 is 6.18 Å². The van der Waals surface area contributed by atoms with Crippen LogP contribution < -0.4 is 5.32 Å². The van der Waals surface area contributed by atoms with Gasteiger partial charge in [-0.25, -0.2) is 8.42 Å². The van der Waals surface area contributed by atoms with Gasteiger partial charge in [-0.2, -0.15) is 18.4 Å². The molecule has 0 saturated heterocycles. The Morgan fingerprint density at radius 2 is 1.62 bits per heavy atom. The van der Waals surface area contributed by atoms with Crippen molar-refractivity contribution in [1.82, 2.24) is 0 Å². The van der Waals surface area contributed by atoms with Crippen molar-refractivity contribution in [3.8, 4) is 6.07 Å². The minimum atomic E-state index is -4.84.